The Kier molecular flexibility index (Phi) is 3.51. The van der Waals surface area contributed by atoms with E-state index in [9.17, 15) is 5.21 Å². The molecular weight excluding hydrogens is 288 g/mol. The fourth-order valence-electron chi connectivity index (χ4n) is 7.10. The zero-order valence-corrected chi connectivity index (χ0v) is 14.5. The molecule has 0 heterocycles. The third kappa shape index (κ3) is 2.02. The van der Waals surface area contributed by atoms with Crippen molar-refractivity contribution in [1.82, 2.24) is 0 Å². The van der Waals surface area contributed by atoms with E-state index < -0.39 is 0 Å². The van der Waals surface area contributed by atoms with E-state index in [0.29, 0.717) is 17.3 Å². The second kappa shape index (κ2) is 5.22. The molecule has 0 unspecified atom stereocenters. The van der Waals surface area contributed by atoms with Crippen molar-refractivity contribution in [2.75, 3.05) is 0 Å². The molecule has 0 aromatic carbocycles. The molecule has 0 radical (unpaired) electrons. The molecular formula is C19H30N2O2. The molecule has 0 saturated heterocycles. The van der Waals surface area contributed by atoms with E-state index in [-0.39, 0.29) is 5.41 Å². The van der Waals surface area contributed by atoms with Crippen molar-refractivity contribution in [2.45, 2.75) is 71.6 Å². The van der Waals surface area contributed by atoms with Gasteiger partial charge in [0.1, 0.15) is 0 Å². The van der Waals surface area contributed by atoms with Crippen LogP contribution in [0.15, 0.2) is 10.3 Å². The van der Waals surface area contributed by atoms with Gasteiger partial charge in [-0.2, -0.15) is 0 Å². The van der Waals surface area contributed by atoms with Crippen LogP contribution >= 0.6 is 0 Å². The van der Waals surface area contributed by atoms with Gasteiger partial charge in [-0.3, -0.25) is 0 Å². The molecule has 4 aliphatic carbocycles. The highest BCUT2D eigenvalue weighted by Gasteiger charge is 2.59. The molecule has 4 saturated carbocycles. The van der Waals surface area contributed by atoms with Crippen LogP contribution in [0.2, 0.25) is 0 Å². The number of hydrogen-bond donors (Lipinski definition) is 2. The van der Waals surface area contributed by atoms with Gasteiger partial charge < -0.3 is 10.4 Å². The molecule has 2 N–H and O–H groups in total. The van der Waals surface area contributed by atoms with Gasteiger partial charge in [-0.1, -0.05) is 24.2 Å². The predicted molar refractivity (Wildman–Crippen MR) is 90.2 cm³/mol. The molecule has 4 rings (SSSR count). The van der Waals surface area contributed by atoms with Gasteiger partial charge in [-0.15, -0.1) is 0 Å². The van der Waals surface area contributed by atoms with Gasteiger partial charge in [0.15, 0.2) is 0 Å². The van der Waals surface area contributed by atoms with Crippen LogP contribution in [-0.2, 0) is 0 Å². The Morgan fingerprint density at radius 2 is 1.74 bits per heavy atom. The quantitative estimate of drug-likeness (QED) is 0.502. The first-order valence-electron chi connectivity index (χ1n) is 9.44. The summed E-state index contributed by atoms with van der Waals surface area (Å²) in [6.45, 7) is 4.86. The first-order valence-corrected chi connectivity index (χ1v) is 9.44. The number of rotatable bonds is 0. The Morgan fingerprint density at radius 1 is 0.913 bits per heavy atom. The molecule has 4 heteroatoms. The lowest BCUT2D eigenvalue weighted by atomic mass is 9.45. The maximum absolute atomic E-state index is 9.41. The first kappa shape index (κ1) is 15.5. The normalized spacial score (nSPS) is 53.0. The average molecular weight is 318 g/mol. The maximum Gasteiger partial charge on any atom is 0.0632 e. The lowest BCUT2D eigenvalue weighted by Crippen LogP contribution is -2.53. The minimum Gasteiger partial charge on any atom is -0.411 e. The van der Waals surface area contributed by atoms with Crippen molar-refractivity contribution in [2.24, 2.45) is 44.8 Å². The van der Waals surface area contributed by atoms with E-state index in [1.807, 2.05) is 0 Å². The Bertz CT molecular complexity index is 558. The highest BCUT2D eigenvalue weighted by atomic mass is 16.4. The minimum atomic E-state index is 0.144. The van der Waals surface area contributed by atoms with E-state index in [2.05, 4.69) is 24.2 Å². The van der Waals surface area contributed by atoms with Crippen LogP contribution in [0.4, 0.5) is 0 Å². The van der Waals surface area contributed by atoms with Gasteiger partial charge in [0.05, 0.1) is 11.4 Å². The molecule has 6 atom stereocenters. The summed E-state index contributed by atoms with van der Waals surface area (Å²) in [5, 5.41) is 25.8. The van der Waals surface area contributed by atoms with E-state index in [0.717, 1.165) is 42.5 Å². The lowest BCUT2D eigenvalue weighted by Gasteiger charge is -2.59. The second-order valence-corrected chi connectivity index (χ2v) is 9.07. The number of nitrogens with zero attached hydrogens (tertiary/aromatic N) is 2. The Hall–Kier alpha value is -1.06. The molecule has 4 aliphatic rings. The molecule has 0 aliphatic heterocycles. The molecule has 0 aromatic heterocycles. The minimum absolute atomic E-state index is 0.144. The molecule has 0 aromatic rings. The Labute approximate surface area is 139 Å². The molecule has 23 heavy (non-hydrogen) atoms. The van der Waals surface area contributed by atoms with Crippen LogP contribution in [0.5, 0.6) is 0 Å². The van der Waals surface area contributed by atoms with Gasteiger partial charge in [0.2, 0.25) is 0 Å². The molecule has 4 fully saturated rings. The molecule has 0 bridgehead atoms. The smallest absolute Gasteiger partial charge is 0.0632 e. The summed E-state index contributed by atoms with van der Waals surface area (Å²) < 4.78 is 0. The summed E-state index contributed by atoms with van der Waals surface area (Å²) in [5.41, 5.74) is 2.64. The second-order valence-electron chi connectivity index (χ2n) is 9.07. The summed E-state index contributed by atoms with van der Waals surface area (Å²) in [4.78, 5) is 0. The fourth-order valence-corrected chi connectivity index (χ4v) is 7.10. The number of fused-ring (bicyclic) bond motifs is 5. The third-order valence-corrected chi connectivity index (χ3v) is 8.50. The number of oxime groups is 2. The van der Waals surface area contributed by atoms with Crippen LogP contribution < -0.4 is 0 Å². The molecule has 128 valence electrons. The summed E-state index contributed by atoms with van der Waals surface area (Å²) in [7, 11) is 0. The van der Waals surface area contributed by atoms with Crippen molar-refractivity contribution >= 4 is 11.4 Å². The van der Waals surface area contributed by atoms with Gasteiger partial charge >= 0.3 is 0 Å². The van der Waals surface area contributed by atoms with Crippen LogP contribution in [0, 0.1) is 34.5 Å². The van der Waals surface area contributed by atoms with E-state index in [1.165, 1.54) is 38.5 Å². The Morgan fingerprint density at radius 3 is 2.48 bits per heavy atom. The zero-order chi connectivity index (χ0) is 16.2. The fraction of sp³-hybridized carbons (Fsp3) is 0.895. The lowest BCUT2D eigenvalue weighted by molar-refractivity contribution is -0.0819. The summed E-state index contributed by atoms with van der Waals surface area (Å²) >= 11 is 0. The van der Waals surface area contributed by atoms with Crippen molar-refractivity contribution in [3.8, 4) is 0 Å². The Balaban J connectivity index is 1.63. The van der Waals surface area contributed by atoms with Crippen LogP contribution in [-0.4, -0.2) is 21.8 Å². The SMILES string of the molecule is C[C@]12CC/C(=N\O)C[C@@H]1CC[C@@H]1[C@H]2CC[C@]2(C)/C(=N/O)CC[C@H]12. The van der Waals surface area contributed by atoms with Crippen LogP contribution in [0.25, 0.3) is 0 Å². The average Bonchev–Trinajstić information content (AvgIpc) is 2.90. The van der Waals surface area contributed by atoms with Crippen molar-refractivity contribution in [3.05, 3.63) is 0 Å². The first-order chi connectivity index (χ1) is 11.0. The van der Waals surface area contributed by atoms with E-state index in [4.69, 9.17) is 5.21 Å². The maximum atomic E-state index is 9.41. The highest BCUT2D eigenvalue weighted by molar-refractivity contribution is 5.92. The van der Waals surface area contributed by atoms with Crippen molar-refractivity contribution < 1.29 is 10.4 Å². The topological polar surface area (TPSA) is 65.2 Å². The third-order valence-electron chi connectivity index (χ3n) is 8.50. The van der Waals surface area contributed by atoms with Crippen LogP contribution in [0.1, 0.15) is 71.6 Å². The van der Waals surface area contributed by atoms with Gasteiger partial charge in [0.25, 0.3) is 0 Å². The summed E-state index contributed by atoms with van der Waals surface area (Å²) in [6.07, 6.45) is 10.4. The van der Waals surface area contributed by atoms with E-state index in [1.54, 1.807) is 0 Å². The summed E-state index contributed by atoms with van der Waals surface area (Å²) in [5.74, 6) is 3.00. The zero-order valence-electron chi connectivity index (χ0n) is 14.5. The van der Waals surface area contributed by atoms with Crippen LogP contribution in [0.3, 0.4) is 0 Å². The van der Waals surface area contributed by atoms with Crippen molar-refractivity contribution in [1.29, 1.82) is 0 Å². The summed E-state index contributed by atoms with van der Waals surface area (Å²) in [6, 6.07) is 0. The monoisotopic (exact) mass is 318 g/mol. The predicted octanol–water partition coefficient (Wildman–Crippen LogP) is 4.69. The molecule has 4 nitrogen and oxygen atoms in total. The van der Waals surface area contributed by atoms with Gasteiger partial charge in [-0.05, 0) is 86.9 Å². The molecule has 0 amide bonds. The highest BCUT2D eigenvalue weighted by Crippen LogP contribution is 2.65. The van der Waals surface area contributed by atoms with Gasteiger partial charge in [0, 0.05) is 5.41 Å². The largest absolute Gasteiger partial charge is 0.411 e. The van der Waals surface area contributed by atoms with E-state index >= 15 is 0 Å². The molecule has 0 spiro atoms. The number of hydrogen-bond acceptors (Lipinski definition) is 4. The standard InChI is InChI=1S/C19H30N2O2/c1-18-9-7-13(20-22)11-12(18)3-4-14-15-5-6-17(21-23)19(15,2)10-8-16(14)18/h12,14-16,22-23H,3-11H2,1-2H3/b20-13+,21-17+/t12-,14-,15+,16+,18-,19-/m0/s1. The van der Waals surface area contributed by atoms with Gasteiger partial charge in [-0.25, -0.2) is 0 Å². The van der Waals surface area contributed by atoms with Crippen molar-refractivity contribution in [3.63, 3.8) is 0 Å².